The lowest BCUT2D eigenvalue weighted by molar-refractivity contribution is -0.130. The average molecular weight is 413 g/mol. The fourth-order valence-corrected chi connectivity index (χ4v) is 3.48. The van der Waals surface area contributed by atoms with Crippen LogP contribution in [0.5, 0.6) is 0 Å². The third-order valence-corrected chi connectivity index (χ3v) is 5.23. The first-order chi connectivity index (χ1) is 14.0. The number of halogens is 1. The number of ether oxygens (including phenoxy) is 1. The summed E-state index contributed by atoms with van der Waals surface area (Å²) in [6.45, 7) is 0.950. The number of carbonyl (C=O) groups excluding carboxylic acids is 2. The molecule has 1 aliphatic heterocycles. The van der Waals surface area contributed by atoms with Gasteiger partial charge in [-0.25, -0.2) is 4.98 Å². The molecule has 1 atom stereocenters. The second-order valence-corrected chi connectivity index (χ2v) is 7.41. The number of aryl methyl sites for hydroxylation is 1. The van der Waals surface area contributed by atoms with E-state index in [4.69, 9.17) is 16.3 Å². The van der Waals surface area contributed by atoms with Crippen LogP contribution in [-0.2, 0) is 23.1 Å². The third kappa shape index (κ3) is 4.26. The number of nitrogens with one attached hydrogen (secondary N) is 2. The van der Waals surface area contributed by atoms with Crippen LogP contribution >= 0.6 is 11.6 Å². The van der Waals surface area contributed by atoms with Crippen LogP contribution in [0.3, 0.4) is 0 Å². The Morgan fingerprint density at radius 3 is 2.76 bits per heavy atom. The molecule has 150 valence electrons. The van der Waals surface area contributed by atoms with Gasteiger partial charge < -0.3 is 19.9 Å². The molecule has 2 aromatic carbocycles. The molecule has 0 bridgehead atoms. The van der Waals surface area contributed by atoms with E-state index in [0.717, 1.165) is 29.7 Å². The van der Waals surface area contributed by atoms with Crippen LogP contribution in [0.1, 0.15) is 29.0 Å². The van der Waals surface area contributed by atoms with Crippen molar-refractivity contribution < 1.29 is 14.3 Å². The fourth-order valence-electron chi connectivity index (χ4n) is 3.35. The summed E-state index contributed by atoms with van der Waals surface area (Å²) in [5.74, 6) is 0.402. The van der Waals surface area contributed by atoms with Crippen LogP contribution in [0.4, 0.5) is 5.69 Å². The minimum atomic E-state index is -0.362. The van der Waals surface area contributed by atoms with E-state index in [9.17, 15) is 9.59 Å². The van der Waals surface area contributed by atoms with E-state index < -0.39 is 0 Å². The highest BCUT2D eigenvalue weighted by atomic mass is 35.5. The van der Waals surface area contributed by atoms with Gasteiger partial charge in [-0.05, 0) is 55.3 Å². The van der Waals surface area contributed by atoms with E-state index >= 15 is 0 Å². The van der Waals surface area contributed by atoms with E-state index in [1.165, 1.54) is 0 Å². The lowest BCUT2D eigenvalue weighted by Crippen LogP contribution is -2.34. The van der Waals surface area contributed by atoms with Gasteiger partial charge >= 0.3 is 0 Å². The molecule has 3 aromatic rings. The van der Waals surface area contributed by atoms with Gasteiger partial charge in [0.2, 0.25) is 5.91 Å². The molecule has 1 aromatic heterocycles. The summed E-state index contributed by atoms with van der Waals surface area (Å²) >= 11 is 5.87. The van der Waals surface area contributed by atoms with Crippen molar-refractivity contribution in [3.05, 3.63) is 58.9 Å². The van der Waals surface area contributed by atoms with Crippen molar-refractivity contribution in [2.75, 3.05) is 11.9 Å². The number of hydrogen-bond acceptors (Lipinski definition) is 4. The standard InChI is InChI=1S/C21H21ClN4O3/c1-26-17-9-8-15(24-20(27)13-4-6-14(22)7-5-13)11-16(17)25-19(26)12-23-21(28)18-3-2-10-29-18/h4-9,11,18H,2-3,10,12H2,1H3,(H,23,28)(H,24,27). The van der Waals surface area contributed by atoms with E-state index in [2.05, 4.69) is 15.6 Å². The number of rotatable bonds is 5. The first kappa shape index (κ1) is 19.4. The maximum absolute atomic E-state index is 12.4. The highest BCUT2D eigenvalue weighted by molar-refractivity contribution is 6.30. The molecule has 1 unspecified atom stereocenters. The van der Waals surface area contributed by atoms with Crippen LogP contribution in [0, 0.1) is 0 Å². The normalized spacial score (nSPS) is 16.1. The number of benzene rings is 2. The SMILES string of the molecule is Cn1c(CNC(=O)C2CCCO2)nc2cc(NC(=O)c3ccc(Cl)cc3)ccc21. The lowest BCUT2D eigenvalue weighted by Gasteiger charge is -2.10. The number of aromatic nitrogens is 2. The van der Waals surface area contributed by atoms with Crippen molar-refractivity contribution in [3.63, 3.8) is 0 Å². The third-order valence-electron chi connectivity index (χ3n) is 4.98. The molecule has 0 radical (unpaired) electrons. The number of anilines is 1. The van der Waals surface area contributed by atoms with Gasteiger partial charge in [-0.1, -0.05) is 11.6 Å². The van der Waals surface area contributed by atoms with E-state index in [1.807, 2.05) is 29.8 Å². The summed E-state index contributed by atoms with van der Waals surface area (Å²) in [6.07, 6.45) is 1.30. The minimum absolute atomic E-state index is 0.106. The molecule has 29 heavy (non-hydrogen) atoms. The molecule has 2 heterocycles. The van der Waals surface area contributed by atoms with Crippen LogP contribution < -0.4 is 10.6 Å². The fraction of sp³-hybridized carbons (Fsp3) is 0.286. The van der Waals surface area contributed by atoms with Crippen molar-refractivity contribution in [1.29, 1.82) is 0 Å². The molecular weight excluding hydrogens is 392 g/mol. The van der Waals surface area contributed by atoms with Crippen molar-refractivity contribution in [2.24, 2.45) is 7.05 Å². The Morgan fingerprint density at radius 2 is 2.03 bits per heavy atom. The van der Waals surface area contributed by atoms with E-state index in [1.54, 1.807) is 24.3 Å². The zero-order valence-electron chi connectivity index (χ0n) is 15.9. The molecule has 8 heteroatoms. The molecule has 2 N–H and O–H groups in total. The number of hydrogen-bond donors (Lipinski definition) is 2. The van der Waals surface area contributed by atoms with Gasteiger partial charge in [-0.2, -0.15) is 0 Å². The Balaban J connectivity index is 1.47. The molecule has 0 spiro atoms. The van der Waals surface area contributed by atoms with Crippen LogP contribution in [0.2, 0.25) is 5.02 Å². The highest BCUT2D eigenvalue weighted by Crippen LogP contribution is 2.21. The molecule has 2 amide bonds. The first-order valence-corrected chi connectivity index (χ1v) is 9.80. The molecular formula is C21H21ClN4O3. The summed E-state index contributed by atoms with van der Waals surface area (Å²) in [6, 6.07) is 12.2. The highest BCUT2D eigenvalue weighted by Gasteiger charge is 2.23. The monoisotopic (exact) mass is 412 g/mol. The van der Waals surface area contributed by atoms with Crippen LogP contribution in [-0.4, -0.2) is 34.1 Å². The summed E-state index contributed by atoms with van der Waals surface area (Å²) in [7, 11) is 1.90. The van der Waals surface area contributed by atoms with Gasteiger partial charge in [0, 0.05) is 29.9 Å². The quantitative estimate of drug-likeness (QED) is 0.673. The van der Waals surface area contributed by atoms with Gasteiger partial charge in [0.15, 0.2) is 0 Å². The summed E-state index contributed by atoms with van der Waals surface area (Å²) < 4.78 is 7.33. The average Bonchev–Trinajstić information content (AvgIpc) is 3.35. The predicted molar refractivity (Wildman–Crippen MR) is 111 cm³/mol. The topological polar surface area (TPSA) is 85.2 Å². The predicted octanol–water partition coefficient (Wildman–Crippen LogP) is 3.27. The smallest absolute Gasteiger partial charge is 0.255 e. The van der Waals surface area contributed by atoms with Gasteiger partial charge in [0.05, 0.1) is 17.6 Å². The molecule has 0 aliphatic carbocycles. The van der Waals surface area contributed by atoms with Crippen LogP contribution in [0.15, 0.2) is 42.5 Å². The van der Waals surface area contributed by atoms with E-state index in [0.29, 0.717) is 29.4 Å². The molecule has 1 saturated heterocycles. The maximum atomic E-state index is 12.4. The van der Waals surface area contributed by atoms with E-state index in [-0.39, 0.29) is 17.9 Å². The van der Waals surface area contributed by atoms with Gasteiger partial charge in [0.1, 0.15) is 11.9 Å². The Hall–Kier alpha value is -2.90. The summed E-state index contributed by atoms with van der Waals surface area (Å²) in [5.41, 5.74) is 2.82. The molecule has 7 nitrogen and oxygen atoms in total. The first-order valence-electron chi connectivity index (χ1n) is 9.43. The zero-order valence-corrected chi connectivity index (χ0v) is 16.7. The number of nitrogens with zero attached hydrogens (tertiary/aromatic N) is 2. The van der Waals surface area contributed by atoms with Crippen LogP contribution in [0.25, 0.3) is 11.0 Å². The van der Waals surface area contributed by atoms with Gasteiger partial charge in [0.25, 0.3) is 5.91 Å². The largest absolute Gasteiger partial charge is 0.368 e. The van der Waals surface area contributed by atoms with Crippen molar-refractivity contribution >= 4 is 40.1 Å². The van der Waals surface area contributed by atoms with Crippen molar-refractivity contribution in [1.82, 2.24) is 14.9 Å². The number of fused-ring (bicyclic) bond motifs is 1. The lowest BCUT2D eigenvalue weighted by atomic mass is 10.2. The number of carbonyl (C=O) groups is 2. The van der Waals surface area contributed by atoms with Gasteiger partial charge in [-0.15, -0.1) is 0 Å². The molecule has 1 fully saturated rings. The second-order valence-electron chi connectivity index (χ2n) is 6.97. The number of imidazole rings is 1. The van der Waals surface area contributed by atoms with Gasteiger partial charge in [-0.3, -0.25) is 9.59 Å². The molecule has 0 saturated carbocycles. The maximum Gasteiger partial charge on any atom is 0.255 e. The van der Waals surface area contributed by atoms with Crippen molar-refractivity contribution in [3.8, 4) is 0 Å². The summed E-state index contributed by atoms with van der Waals surface area (Å²) in [4.78, 5) is 29.1. The summed E-state index contributed by atoms with van der Waals surface area (Å²) in [5, 5.41) is 6.34. The Bertz CT molecular complexity index is 1060. The number of amides is 2. The second kappa shape index (κ2) is 8.23. The molecule has 4 rings (SSSR count). The Labute approximate surface area is 173 Å². The Morgan fingerprint density at radius 1 is 1.24 bits per heavy atom. The molecule has 1 aliphatic rings. The zero-order chi connectivity index (χ0) is 20.4. The van der Waals surface area contributed by atoms with Crippen molar-refractivity contribution in [2.45, 2.75) is 25.5 Å². The Kier molecular flexibility index (Phi) is 5.51. The minimum Gasteiger partial charge on any atom is -0.368 e.